The molecular formula is C15H15F4NO3. The summed E-state index contributed by atoms with van der Waals surface area (Å²) in [5.74, 6) is -2.96. The number of nitrogens with zero attached hydrogens (tertiary/aromatic N) is 1. The Morgan fingerprint density at radius 2 is 1.91 bits per heavy atom. The summed E-state index contributed by atoms with van der Waals surface area (Å²) in [5.41, 5.74) is -1.61. The van der Waals surface area contributed by atoms with E-state index in [0.29, 0.717) is 4.90 Å². The third kappa shape index (κ3) is 3.80. The first-order valence-corrected chi connectivity index (χ1v) is 6.82. The van der Waals surface area contributed by atoms with E-state index in [9.17, 15) is 27.2 Å². The van der Waals surface area contributed by atoms with Crippen LogP contribution in [0.5, 0.6) is 0 Å². The highest BCUT2D eigenvalue weighted by atomic mass is 19.4. The van der Waals surface area contributed by atoms with Crippen molar-refractivity contribution in [1.29, 1.82) is 0 Å². The zero-order chi connectivity index (χ0) is 17.6. The largest absolute Gasteiger partial charge is 0.443 e. The number of halogens is 4. The minimum atomic E-state index is -4.75. The van der Waals surface area contributed by atoms with Gasteiger partial charge in [0.25, 0.3) is 5.91 Å². The summed E-state index contributed by atoms with van der Waals surface area (Å²) >= 11 is 0. The highest BCUT2D eigenvalue weighted by molar-refractivity contribution is 6.08. The van der Waals surface area contributed by atoms with Crippen molar-refractivity contribution in [3.05, 3.63) is 35.3 Å². The van der Waals surface area contributed by atoms with Gasteiger partial charge >= 0.3 is 12.3 Å². The van der Waals surface area contributed by atoms with Gasteiger partial charge in [0.2, 0.25) is 0 Å². The minimum Gasteiger partial charge on any atom is -0.443 e. The third-order valence-corrected chi connectivity index (χ3v) is 3.17. The van der Waals surface area contributed by atoms with E-state index >= 15 is 0 Å². The molecule has 0 aromatic carbocycles. The van der Waals surface area contributed by atoms with Crippen LogP contribution in [0, 0.1) is 5.92 Å². The van der Waals surface area contributed by atoms with Gasteiger partial charge in [-0.2, -0.15) is 13.2 Å². The zero-order valence-corrected chi connectivity index (χ0v) is 12.7. The highest BCUT2D eigenvalue weighted by Gasteiger charge is 2.47. The van der Waals surface area contributed by atoms with E-state index < -0.39 is 47.5 Å². The van der Waals surface area contributed by atoms with Crippen molar-refractivity contribution in [3.8, 4) is 0 Å². The van der Waals surface area contributed by atoms with Gasteiger partial charge in [-0.25, -0.2) is 14.1 Å². The molecule has 0 saturated carbocycles. The first-order chi connectivity index (χ1) is 10.4. The number of ether oxygens (including phenoxy) is 1. The van der Waals surface area contributed by atoms with Crippen molar-refractivity contribution in [2.45, 2.75) is 39.0 Å². The lowest BCUT2D eigenvalue weighted by atomic mass is 9.91. The van der Waals surface area contributed by atoms with E-state index in [1.54, 1.807) is 20.8 Å². The number of fused-ring (bicyclic) bond motifs is 1. The molecule has 0 bridgehead atoms. The molecule has 1 aliphatic heterocycles. The molecule has 2 amide bonds. The molecule has 1 aliphatic carbocycles. The Kier molecular flexibility index (Phi) is 4.13. The lowest BCUT2D eigenvalue weighted by Gasteiger charge is -2.25. The Labute approximate surface area is 130 Å². The molecular weight excluding hydrogens is 318 g/mol. The van der Waals surface area contributed by atoms with Crippen molar-refractivity contribution in [2.24, 2.45) is 5.92 Å². The molecule has 0 radical (unpaired) electrons. The molecule has 4 nitrogen and oxygen atoms in total. The summed E-state index contributed by atoms with van der Waals surface area (Å²) < 4.78 is 56.4. The predicted molar refractivity (Wildman–Crippen MR) is 72.6 cm³/mol. The van der Waals surface area contributed by atoms with Crippen LogP contribution in [0.1, 0.15) is 27.2 Å². The maximum atomic E-state index is 13.4. The topological polar surface area (TPSA) is 46.6 Å². The Balaban J connectivity index is 2.45. The van der Waals surface area contributed by atoms with Crippen LogP contribution in [0.3, 0.4) is 0 Å². The lowest BCUT2D eigenvalue weighted by molar-refractivity contribution is -0.124. The van der Waals surface area contributed by atoms with Gasteiger partial charge in [-0.05, 0) is 32.9 Å². The number of rotatable bonds is 0. The van der Waals surface area contributed by atoms with Crippen LogP contribution in [0.25, 0.3) is 0 Å². The molecule has 23 heavy (non-hydrogen) atoms. The van der Waals surface area contributed by atoms with Crippen LogP contribution >= 0.6 is 0 Å². The smallest absolute Gasteiger partial charge is 0.421 e. The van der Waals surface area contributed by atoms with Crippen molar-refractivity contribution in [2.75, 3.05) is 0 Å². The molecule has 8 heteroatoms. The van der Waals surface area contributed by atoms with E-state index in [0.717, 1.165) is 12.2 Å². The molecule has 0 aromatic heterocycles. The summed E-state index contributed by atoms with van der Waals surface area (Å²) in [6, 6.07) is 0. The summed E-state index contributed by atoms with van der Waals surface area (Å²) in [5, 5.41) is 0. The first-order valence-electron chi connectivity index (χ1n) is 6.82. The van der Waals surface area contributed by atoms with E-state index in [1.807, 2.05) is 0 Å². The molecule has 126 valence electrons. The van der Waals surface area contributed by atoms with Crippen molar-refractivity contribution in [3.63, 3.8) is 0 Å². The van der Waals surface area contributed by atoms with Gasteiger partial charge in [0, 0.05) is 29.7 Å². The SMILES string of the molecule is CC(C)(C)OC(=O)N1C(=O)/C(=C/C(F)(F)F)C2CC(F)=CC=C21. The van der Waals surface area contributed by atoms with Gasteiger partial charge in [0.1, 0.15) is 11.4 Å². The lowest BCUT2D eigenvalue weighted by Crippen LogP contribution is -2.37. The molecule has 1 saturated heterocycles. The summed E-state index contributed by atoms with van der Waals surface area (Å²) in [4.78, 5) is 24.9. The molecule has 0 spiro atoms. The molecule has 0 N–H and O–H groups in total. The number of hydrogen-bond acceptors (Lipinski definition) is 3. The first kappa shape index (κ1) is 17.2. The van der Waals surface area contributed by atoms with Crippen LogP contribution in [0.2, 0.25) is 0 Å². The molecule has 2 aliphatic rings. The average molecular weight is 333 g/mol. The number of carbonyl (C=O) groups is 2. The van der Waals surface area contributed by atoms with Crippen molar-refractivity contribution in [1.82, 2.24) is 4.90 Å². The summed E-state index contributed by atoms with van der Waals surface area (Å²) in [6.45, 7) is 4.68. The number of hydrogen-bond donors (Lipinski definition) is 0. The monoisotopic (exact) mass is 333 g/mol. The van der Waals surface area contributed by atoms with Gasteiger partial charge < -0.3 is 4.74 Å². The molecule has 1 atom stereocenters. The molecule has 1 unspecified atom stereocenters. The second-order valence-electron chi connectivity index (χ2n) is 6.22. The van der Waals surface area contributed by atoms with Crippen molar-refractivity contribution >= 4 is 12.0 Å². The fourth-order valence-corrected chi connectivity index (χ4v) is 2.39. The Morgan fingerprint density at radius 3 is 2.43 bits per heavy atom. The normalized spacial score (nSPS) is 23.6. The van der Waals surface area contributed by atoms with Crippen LogP contribution in [0.4, 0.5) is 22.4 Å². The van der Waals surface area contributed by atoms with E-state index in [2.05, 4.69) is 0 Å². The summed E-state index contributed by atoms with van der Waals surface area (Å²) in [6.07, 6.45) is -4.27. The molecule has 0 aromatic rings. The van der Waals surface area contributed by atoms with Gasteiger partial charge in [-0.3, -0.25) is 4.79 Å². The number of allylic oxidation sites excluding steroid dienone is 5. The molecule has 1 heterocycles. The number of amides is 2. The van der Waals surface area contributed by atoms with Gasteiger partial charge in [0.15, 0.2) is 0 Å². The second-order valence-corrected chi connectivity index (χ2v) is 6.22. The Hall–Kier alpha value is -2.12. The van der Waals surface area contributed by atoms with Crippen LogP contribution in [-0.4, -0.2) is 28.7 Å². The minimum absolute atomic E-state index is 0.0128. The van der Waals surface area contributed by atoms with Gasteiger partial charge in [0.05, 0.1) is 0 Å². The predicted octanol–water partition coefficient (Wildman–Crippen LogP) is 4.01. The second kappa shape index (κ2) is 5.50. The Morgan fingerprint density at radius 1 is 1.30 bits per heavy atom. The molecule has 2 rings (SSSR count). The summed E-state index contributed by atoms with van der Waals surface area (Å²) in [7, 11) is 0. The van der Waals surface area contributed by atoms with Crippen molar-refractivity contribution < 1.29 is 31.9 Å². The number of likely N-dealkylation sites (tertiary alicyclic amines) is 1. The van der Waals surface area contributed by atoms with E-state index in [1.165, 1.54) is 0 Å². The van der Waals surface area contributed by atoms with E-state index in [-0.39, 0.29) is 11.8 Å². The maximum absolute atomic E-state index is 13.4. The fourth-order valence-electron chi connectivity index (χ4n) is 2.39. The van der Waals surface area contributed by atoms with Gasteiger partial charge in [-0.1, -0.05) is 0 Å². The number of alkyl halides is 3. The third-order valence-electron chi connectivity index (χ3n) is 3.17. The number of carbonyl (C=O) groups excluding carboxylic acids is 2. The highest BCUT2D eigenvalue weighted by Crippen LogP contribution is 2.42. The zero-order valence-electron chi connectivity index (χ0n) is 12.7. The standard InChI is InChI=1S/C15H15F4NO3/c1-14(2,3)23-13(22)20-11-5-4-8(16)6-9(11)10(12(20)21)7-15(17,18)19/h4-5,7,9H,6H2,1-3H3/b10-7+. The molecule has 1 fully saturated rings. The maximum Gasteiger partial charge on any atom is 0.421 e. The number of imide groups is 1. The van der Waals surface area contributed by atoms with Crippen LogP contribution < -0.4 is 0 Å². The quantitative estimate of drug-likeness (QED) is 0.497. The Bertz CT molecular complexity index is 638. The fraction of sp³-hybridized carbons (Fsp3) is 0.467. The van der Waals surface area contributed by atoms with Crippen LogP contribution in [0.15, 0.2) is 35.3 Å². The van der Waals surface area contributed by atoms with Crippen LogP contribution in [-0.2, 0) is 9.53 Å². The van der Waals surface area contributed by atoms with E-state index in [4.69, 9.17) is 4.74 Å². The van der Waals surface area contributed by atoms with Gasteiger partial charge in [-0.15, -0.1) is 0 Å². The average Bonchev–Trinajstić information content (AvgIpc) is 2.59.